The Hall–Kier alpha value is -2.10. The van der Waals surface area contributed by atoms with Crippen molar-refractivity contribution in [2.75, 3.05) is 6.61 Å². The van der Waals surface area contributed by atoms with Crippen LogP contribution in [0, 0.1) is 0 Å². The third kappa shape index (κ3) is 2.06. The molecule has 2 aromatic rings. The SMILES string of the molecule is CCO/N=C1/c2ccccc2-c2c1c(C(C)(C)C)nn2C. The normalized spacial score (nSPS) is 15.2. The Balaban J connectivity index is 2.32. The van der Waals surface area contributed by atoms with Gasteiger partial charge in [0.15, 0.2) is 0 Å². The van der Waals surface area contributed by atoms with Gasteiger partial charge in [-0.15, -0.1) is 0 Å². The van der Waals surface area contributed by atoms with Crippen molar-refractivity contribution in [3.63, 3.8) is 0 Å². The summed E-state index contributed by atoms with van der Waals surface area (Å²) in [6, 6.07) is 8.31. The van der Waals surface area contributed by atoms with Crippen LogP contribution >= 0.6 is 0 Å². The molecule has 4 nitrogen and oxygen atoms in total. The Morgan fingerprint density at radius 1 is 1.19 bits per heavy atom. The predicted molar refractivity (Wildman–Crippen MR) is 84.6 cm³/mol. The molecular weight excluding hydrogens is 262 g/mol. The van der Waals surface area contributed by atoms with Crippen LogP contribution in [0.25, 0.3) is 11.3 Å². The van der Waals surface area contributed by atoms with Crippen molar-refractivity contribution >= 4 is 5.71 Å². The van der Waals surface area contributed by atoms with Gasteiger partial charge in [0.2, 0.25) is 0 Å². The first-order valence-corrected chi connectivity index (χ1v) is 7.32. The zero-order valence-electron chi connectivity index (χ0n) is 13.3. The second kappa shape index (κ2) is 4.72. The van der Waals surface area contributed by atoms with E-state index in [-0.39, 0.29) is 5.41 Å². The summed E-state index contributed by atoms with van der Waals surface area (Å²) in [6.07, 6.45) is 0. The van der Waals surface area contributed by atoms with E-state index in [1.165, 1.54) is 5.56 Å². The molecule has 1 aromatic heterocycles. The van der Waals surface area contributed by atoms with Gasteiger partial charge in [0.05, 0.1) is 17.0 Å². The van der Waals surface area contributed by atoms with Gasteiger partial charge < -0.3 is 4.84 Å². The van der Waals surface area contributed by atoms with Gasteiger partial charge in [0.25, 0.3) is 0 Å². The van der Waals surface area contributed by atoms with E-state index in [9.17, 15) is 0 Å². The summed E-state index contributed by atoms with van der Waals surface area (Å²) in [4.78, 5) is 5.36. The molecule has 1 aliphatic carbocycles. The second-order valence-electron chi connectivity index (χ2n) is 6.35. The van der Waals surface area contributed by atoms with Crippen LogP contribution in [0.3, 0.4) is 0 Å². The third-order valence-corrected chi connectivity index (χ3v) is 3.72. The number of benzene rings is 1. The van der Waals surface area contributed by atoms with E-state index in [0.717, 1.165) is 28.2 Å². The Morgan fingerprint density at radius 3 is 2.48 bits per heavy atom. The highest BCUT2D eigenvalue weighted by Gasteiger charge is 2.36. The molecule has 0 amide bonds. The van der Waals surface area contributed by atoms with Crippen molar-refractivity contribution in [3.05, 3.63) is 41.1 Å². The van der Waals surface area contributed by atoms with E-state index in [1.807, 2.05) is 24.7 Å². The highest BCUT2D eigenvalue weighted by molar-refractivity contribution is 6.24. The summed E-state index contributed by atoms with van der Waals surface area (Å²) < 4.78 is 1.96. The first-order chi connectivity index (χ1) is 9.95. The summed E-state index contributed by atoms with van der Waals surface area (Å²) in [5.41, 5.74) is 6.47. The Labute approximate surface area is 125 Å². The predicted octanol–water partition coefficient (Wildman–Crippen LogP) is 3.49. The minimum Gasteiger partial charge on any atom is -0.396 e. The number of rotatable bonds is 2. The van der Waals surface area contributed by atoms with E-state index in [2.05, 4.69) is 44.1 Å². The number of hydrogen-bond acceptors (Lipinski definition) is 3. The monoisotopic (exact) mass is 283 g/mol. The third-order valence-electron chi connectivity index (χ3n) is 3.72. The molecule has 4 heteroatoms. The summed E-state index contributed by atoms with van der Waals surface area (Å²) in [6.45, 7) is 9.04. The molecule has 21 heavy (non-hydrogen) atoms. The number of oxime groups is 1. The van der Waals surface area contributed by atoms with Gasteiger partial charge >= 0.3 is 0 Å². The van der Waals surface area contributed by atoms with Crippen molar-refractivity contribution in [2.45, 2.75) is 33.1 Å². The van der Waals surface area contributed by atoms with Gasteiger partial charge in [0.1, 0.15) is 12.3 Å². The molecule has 110 valence electrons. The minimum absolute atomic E-state index is 0.0413. The number of hydrogen-bond donors (Lipinski definition) is 0. The first-order valence-electron chi connectivity index (χ1n) is 7.32. The van der Waals surface area contributed by atoms with Crippen LogP contribution in [-0.2, 0) is 17.3 Å². The molecule has 0 bridgehead atoms. The molecule has 0 aliphatic heterocycles. The molecule has 0 spiro atoms. The average Bonchev–Trinajstić information content (AvgIpc) is 2.93. The van der Waals surface area contributed by atoms with Gasteiger partial charge in [-0.1, -0.05) is 50.2 Å². The fraction of sp³-hybridized carbons (Fsp3) is 0.412. The van der Waals surface area contributed by atoms with E-state index >= 15 is 0 Å². The Morgan fingerprint density at radius 2 is 1.86 bits per heavy atom. The van der Waals surface area contributed by atoms with Crippen LogP contribution in [0.2, 0.25) is 0 Å². The molecule has 0 fully saturated rings. The van der Waals surface area contributed by atoms with Crippen LogP contribution < -0.4 is 0 Å². The van der Waals surface area contributed by atoms with E-state index in [0.29, 0.717) is 6.61 Å². The topological polar surface area (TPSA) is 39.4 Å². The molecule has 0 saturated carbocycles. The molecule has 1 aliphatic rings. The summed E-state index contributed by atoms with van der Waals surface area (Å²) in [7, 11) is 1.99. The fourth-order valence-electron chi connectivity index (χ4n) is 2.84. The highest BCUT2D eigenvalue weighted by Crippen LogP contribution is 2.41. The number of nitrogens with zero attached hydrogens (tertiary/aromatic N) is 3. The van der Waals surface area contributed by atoms with Gasteiger partial charge in [-0.25, -0.2) is 0 Å². The van der Waals surface area contributed by atoms with Crippen LogP contribution in [-0.4, -0.2) is 22.1 Å². The number of aryl methyl sites for hydroxylation is 1. The summed E-state index contributed by atoms with van der Waals surface area (Å²) in [5, 5.41) is 9.12. The van der Waals surface area contributed by atoms with E-state index < -0.39 is 0 Å². The van der Waals surface area contributed by atoms with Crippen LogP contribution in [0.1, 0.15) is 44.5 Å². The maximum Gasteiger partial charge on any atom is 0.122 e. The zero-order chi connectivity index (χ0) is 15.2. The summed E-state index contributed by atoms with van der Waals surface area (Å²) >= 11 is 0. The zero-order valence-corrected chi connectivity index (χ0v) is 13.3. The van der Waals surface area contributed by atoms with Crippen molar-refractivity contribution < 1.29 is 4.84 Å². The largest absolute Gasteiger partial charge is 0.396 e. The fourth-order valence-corrected chi connectivity index (χ4v) is 2.84. The van der Waals surface area contributed by atoms with Crippen LogP contribution in [0.15, 0.2) is 29.4 Å². The van der Waals surface area contributed by atoms with Crippen molar-refractivity contribution in [3.8, 4) is 11.3 Å². The quantitative estimate of drug-likeness (QED) is 0.675. The lowest BCUT2D eigenvalue weighted by molar-refractivity contribution is 0.159. The number of aromatic nitrogens is 2. The molecule has 0 unspecified atom stereocenters. The molecule has 0 N–H and O–H groups in total. The standard InChI is InChI=1S/C17H21N3O/c1-6-21-19-14-11-9-7-8-10-12(11)15-13(14)16(17(2,3)4)18-20(15)5/h7-10H,6H2,1-5H3/b19-14-. The maximum absolute atomic E-state index is 5.36. The first kappa shape index (κ1) is 13.9. The average molecular weight is 283 g/mol. The van der Waals surface area contributed by atoms with Gasteiger partial charge in [-0.2, -0.15) is 5.10 Å². The van der Waals surface area contributed by atoms with Gasteiger partial charge in [-0.05, 0) is 6.92 Å². The van der Waals surface area contributed by atoms with Gasteiger partial charge in [0, 0.05) is 23.6 Å². The maximum atomic E-state index is 5.36. The Bertz CT molecular complexity index is 720. The molecule has 1 aromatic carbocycles. The van der Waals surface area contributed by atoms with E-state index in [4.69, 9.17) is 9.94 Å². The molecule has 1 heterocycles. The van der Waals surface area contributed by atoms with Crippen molar-refractivity contribution in [1.29, 1.82) is 0 Å². The molecule has 0 saturated heterocycles. The van der Waals surface area contributed by atoms with Crippen molar-refractivity contribution in [1.82, 2.24) is 9.78 Å². The summed E-state index contributed by atoms with van der Waals surface area (Å²) in [5.74, 6) is 0. The van der Waals surface area contributed by atoms with Gasteiger partial charge in [-0.3, -0.25) is 4.68 Å². The van der Waals surface area contributed by atoms with Crippen LogP contribution in [0.4, 0.5) is 0 Å². The lowest BCUT2D eigenvalue weighted by Crippen LogP contribution is -2.17. The van der Waals surface area contributed by atoms with E-state index in [1.54, 1.807) is 0 Å². The molecule has 0 radical (unpaired) electrons. The molecule has 3 rings (SSSR count). The second-order valence-corrected chi connectivity index (χ2v) is 6.35. The number of fused-ring (bicyclic) bond motifs is 3. The molecular formula is C17H21N3O. The van der Waals surface area contributed by atoms with Crippen molar-refractivity contribution in [2.24, 2.45) is 12.2 Å². The lowest BCUT2D eigenvalue weighted by Gasteiger charge is -2.17. The minimum atomic E-state index is -0.0413. The lowest BCUT2D eigenvalue weighted by atomic mass is 9.88. The Kier molecular flexibility index (Phi) is 3.12. The smallest absolute Gasteiger partial charge is 0.122 e. The van der Waals surface area contributed by atoms with Crippen LogP contribution in [0.5, 0.6) is 0 Å². The highest BCUT2D eigenvalue weighted by atomic mass is 16.6. The molecule has 0 atom stereocenters.